The van der Waals surface area contributed by atoms with Gasteiger partial charge in [0.15, 0.2) is 5.60 Å². The zero-order valence-electron chi connectivity index (χ0n) is 12.3. The van der Waals surface area contributed by atoms with Crippen LogP contribution >= 0.6 is 0 Å². The van der Waals surface area contributed by atoms with Gasteiger partial charge >= 0.3 is 12.1 Å². The monoisotopic (exact) mass is 300 g/mol. The zero-order chi connectivity index (χ0) is 16.0. The molecule has 0 aliphatic rings. The number of alkyl halides is 3. The molecule has 1 N–H and O–H groups in total. The van der Waals surface area contributed by atoms with Crippen molar-refractivity contribution in [3.05, 3.63) is 0 Å². The predicted octanol–water partition coefficient (Wildman–Crippen LogP) is 2.69. The maximum absolute atomic E-state index is 12.4. The van der Waals surface area contributed by atoms with Crippen molar-refractivity contribution in [1.29, 1.82) is 0 Å². The minimum Gasteiger partial charge on any atom is -0.466 e. The molecule has 2 unspecified atom stereocenters. The van der Waals surface area contributed by atoms with Crippen molar-refractivity contribution in [3.63, 3.8) is 0 Å². The van der Waals surface area contributed by atoms with Gasteiger partial charge in [-0.3, -0.25) is 4.79 Å². The molecular formula is C13H23F3O4. The SMILES string of the molecule is CCOC(=O)C(C)(CC)COCCC(C)(O)C(F)(F)F. The summed E-state index contributed by atoms with van der Waals surface area (Å²) in [6.07, 6.45) is -4.84. The molecule has 0 radical (unpaired) electrons. The Bertz CT molecular complexity index is 315. The van der Waals surface area contributed by atoms with Crippen molar-refractivity contribution in [1.82, 2.24) is 0 Å². The van der Waals surface area contributed by atoms with Crippen LogP contribution in [0.5, 0.6) is 0 Å². The lowest BCUT2D eigenvalue weighted by atomic mass is 9.89. The van der Waals surface area contributed by atoms with E-state index in [9.17, 15) is 23.1 Å². The molecule has 20 heavy (non-hydrogen) atoms. The second-order valence-electron chi connectivity index (χ2n) is 5.21. The number of hydrogen-bond donors (Lipinski definition) is 1. The average Bonchev–Trinajstić information content (AvgIpc) is 2.33. The second kappa shape index (κ2) is 7.26. The molecule has 0 aliphatic carbocycles. The fourth-order valence-electron chi connectivity index (χ4n) is 1.32. The molecule has 0 aromatic heterocycles. The van der Waals surface area contributed by atoms with Crippen LogP contribution in [0.3, 0.4) is 0 Å². The largest absolute Gasteiger partial charge is 0.466 e. The van der Waals surface area contributed by atoms with Gasteiger partial charge in [-0.1, -0.05) is 6.92 Å². The molecule has 4 nitrogen and oxygen atoms in total. The summed E-state index contributed by atoms with van der Waals surface area (Å²) in [5, 5.41) is 9.23. The summed E-state index contributed by atoms with van der Waals surface area (Å²) in [6.45, 7) is 5.67. The highest BCUT2D eigenvalue weighted by molar-refractivity contribution is 5.76. The Morgan fingerprint density at radius 2 is 1.75 bits per heavy atom. The maximum Gasteiger partial charge on any atom is 0.416 e. The van der Waals surface area contributed by atoms with E-state index in [-0.39, 0.29) is 19.8 Å². The Balaban J connectivity index is 4.32. The minimum absolute atomic E-state index is 0.0454. The maximum atomic E-state index is 12.4. The van der Waals surface area contributed by atoms with E-state index in [1.54, 1.807) is 20.8 Å². The molecule has 0 amide bonds. The molecule has 0 aliphatic heterocycles. The molecule has 0 aromatic rings. The quantitative estimate of drug-likeness (QED) is 0.553. The van der Waals surface area contributed by atoms with Gasteiger partial charge in [0.05, 0.1) is 18.6 Å². The summed E-state index contributed by atoms with van der Waals surface area (Å²) in [5.74, 6) is -0.440. The van der Waals surface area contributed by atoms with Gasteiger partial charge in [0.1, 0.15) is 0 Å². The molecule has 2 atom stereocenters. The fraction of sp³-hybridized carbons (Fsp3) is 0.923. The number of ether oxygens (including phenoxy) is 2. The van der Waals surface area contributed by atoms with Gasteiger partial charge in [-0.25, -0.2) is 0 Å². The van der Waals surface area contributed by atoms with Crippen LogP contribution in [0.15, 0.2) is 0 Å². The molecule has 0 aromatic carbocycles. The number of rotatable bonds is 8. The molecule has 0 saturated heterocycles. The first-order chi connectivity index (χ1) is 9.00. The molecule has 0 rings (SSSR count). The van der Waals surface area contributed by atoms with Gasteiger partial charge in [0.2, 0.25) is 0 Å². The lowest BCUT2D eigenvalue weighted by Gasteiger charge is -2.28. The number of carbonyl (C=O) groups excluding carboxylic acids is 1. The number of esters is 1. The van der Waals surface area contributed by atoms with Gasteiger partial charge in [-0.15, -0.1) is 0 Å². The van der Waals surface area contributed by atoms with Gasteiger partial charge in [0, 0.05) is 13.0 Å². The van der Waals surface area contributed by atoms with Crippen LogP contribution in [0.25, 0.3) is 0 Å². The Morgan fingerprint density at radius 3 is 2.15 bits per heavy atom. The third-order valence-electron chi connectivity index (χ3n) is 3.31. The Kier molecular flexibility index (Phi) is 6.97. The second-order valence-corrected chi connectivity index (χ2v) is 5.21. The highest BCUT2D eigenvalue weighted by Crippen LogP contribution is 2.32. The third-order valence-corrected chi connectivity index (χ3v) is 3.31. The Labute approximate surface area is 117 Å². The normalized spacial score (nSPS) is 18.2. The molecule has 0 spiro atoms. The van der Waals surface area contributed by atoms with E-state index in [0.717, 1.165) is 0 Å². The third kappa shape index (κ3) is 5.28. The van der Waals surface area contributed by atoms with E-state index in [0.29, 0.717) is 13.3 Å². The summed E-state index contributed by atoms with van der Waals surface area (Å²) in [6, 6.07) is 0. The van der Waals surface area contributed by atoms with Crippen LogP contribution in [-0.4, -0.2) is 42.7 Å². The topological polar surface area (TPSA) is 55.8 Å². The van der Waals surface area contributed by atoms with Crippen LogP contribution < -0.4 is 0 Å². The predicted molar refractivity (Wildman–Crippen MR) is 67.1 cm³/mol. The molecule has 0 bridgehead atoms. The van der Waals surface area contributed by atoms with E-state index in [4.69, 9.17) is 9.47 Å². The first-order valence-electron chi connectivity index (χ1n) is 6.54. The summed E-state index contributed by atoms with van der Waals surface area (Å²) in [7, 11) is 0. The van der Waals surface area contributed by atoms with E-state index in [1.807, 2.05) is 0 Å². The first kappa shape index (κ1) is 19.2. The van der Waals surface area contributed by atoms with E-state index < -0.39 is 29.6 Å². The molecule has 120 valence electrons. The standard InChI is InChI=1S/C13H23F3O4/c1-5-11(3,10(17)20-6-2)9-19-8-7-12(4,18)13(14,15)16/h18H,5-9H2,1-4H3. The number of halogens is 3. The summed E-state index contributed by atoms with van der Waals surface area (Å²) in [4.78, 5) is 11.7. The van der Waals surface area contributed by atoms with Crippen molar-refractivity contribution >= 4 is 5.97 Å². The average molecular weight is 300 g/mol. The minimum atomic E-state index is -4.70. The lowest BCUT2D eigenvalue weighted by Crippen LogP contribution is -2.43. The van der Waals surface area contributed by atoms with Gasteiger partial charge in [-0.2, -0.15) is 13.2 Å². The molecule has 0 heterocycles. The summed E-state index contributed by atoms with van der Waals surface area (Å²) < 4.78 is 47.3. The highest BCUT2D eigenvalue weighted by Gasteiger charge is 2.49. The van der Waals surface area contributed by atoms with E-state index in [2.05, 4.69) is 0 Å². The van der Waals surface area contributed by atoms with Crippen molar-refractivity contribution < 1.29 is 32.5 Å². The molecule has 0 fully saturated rings. The number of aliphatic hydroxyl groups is 1. The van der Waals surface area contributed by atoms with Crippen molar-refractivity contribution in [2.45, 2.75) is 52.3 Å². The van der Waals surface area contributed by atoms with E-state index in [1.165, 1.54) is 0 Å². The van der Waals surface area contributed by atoms with Crippen molar-refractivity contribution in [2.24, 2.45) is 5.41 Å². The van der Waals surface area contributed by atoms with Gasteiger partial charge in [-0.05, 0) is 27.2 Å². The molecule has 7 heteroatoms. The lowest BCUT2D eigenvalue weighted by molar-refractivity contribution is -0.258. The smallest absolute Gasteiger partial charge is 0.416 e. The summed E-state index contributed by atoms with van der Waals surface area (Å²) >= 11 is 0. The van der Waals surface area contributed by atoms with Gasteiger partial charge in [0.25, 0.3) is 0 Å². The zero-order valence-corrected chi connectivity index (χ0v) is 12.3. The fourth-order valence-corrected chi connectivity index (χ4v) is 1.32. The first-order valence-corrected chi connectivity index (χ1v) is 6.54. The Hall–Kier alpha value is -0.820. The van der Waals surface area contributed by atoms with Crippen molar-refractivity contribution in [3.8, 4) is 0 Å². The van der Waals surface area contributed by atoms with Crippen LogP contribution in [0.4, 0.5) is 13.2 Å². The Morgan fingerprint density at radius 1 is 1.20 bits per heavy atom. The van der Waals surface area contributed by atoms with Crippen LogP contribution in [-0.2, 0) is 14.3 Å². The van der Waals surface area contributed by atoms with Crippen molar-refractivity contribution in [2.75, 3.05) is 19.8 Å². The van der Waals surface area contributed by atoms with Crippen LogP contribution in [0.2, 0.25) is 0 Å². The van der Waals surface area contributed by atoms with Crippen LogP contribution in [0.1, 0.15) is 40.5 Å². The molecule has 0 saturated carbocycles. The van der Waals surface area contributed by atoms with E-state index >= 15 is 0 Å². The number of carbonyl (C=O) groups is 1. The molecular weight excluding hydrogens is 277 g/mol. The summed E-state index contributed by atoms with van der Waals surface area (Å²) in [5.41, 5.74) is -3.68. The van der Waals surface area contributed by atoms with Gasteiger partial charge < -0.3 is 14.6 Å². The number of hydrogen-bond acceptors (Lipinski definition) is 4. The van der Waals surface area contributed by atoms with Crippen LogP contribution in [0, 0.1) is 5.41 Å². The highest BCUT2D eigenvalue weighted by atomic mass is 19.4.